The molecule has 0 nitrogen and oxygen atoms in total. The number of allylic oxidation sites excluding steroid dienone is 1. The van der Waals surface area contributed by atoms with Gasteiger partial charge in [0.05, 0.1) is 0 Å². The molecule has 72 valence electrons. The van der Waals surface area contributed by atoms with Crippen LogP contribution >= 0.6 is 8.58 Å². The molecular formula is C11H23P. The zero-order chi connectivity index (χ0) is 9.07. The topological polar surface area (TPSA) is 0 Å². The second-order valence-corrected chi connectivity index (χ2v) is 4.74. The van der Waals surface area contributed by atoms with Crippen molar-refractivity contribution in [3.8, 4) is 0 Å². The summed E-state index contributed by atoms with van der Waals surface area (Å²) in [7, 11) is 1.22. The zero-order valence-electron chi connectivity index (χ0n) is 8.44. The first-order chi connectivity index (χ1) is 5.91. The first-order valence-electron chi connectivity index (χ1n) is 5.23. The molecule has 0 rings (SSSR count). The molecule has 0 heterocycles. The third-order valence-corrected chi connectivity index (χ3v) is 3.38. The van der Waals surface area contributed by atoms with Crippen LogP contribution < -0.4 is 0 Å². The van der Waals surface area contributed by atoms with Gasteiger partial charge in [0.1, 0.15) is 0 Å². The Bertz CT molecular complexity index is 89.0. The SMILES string of the molecule is C=CCCCCPCCCCC. The van der Waals surface area contributed by atoms with E-state index in [0.29, 0.717) is 0 Å². The smallest absolute Gasteiger partial charge is 0.0353 e. The van der Waals surface area contributed by atoms with Crippen molar-refractivity contribution in [3.63, 3.8) is 0 Å². The van der Waals surface area contributed by atoms with Gasteiger partial charge in [-0.1, -0.05) is 25.8 Å². The monoisotopic (exact) mass is 186 g/mol. The van der Waals surface area contributed by atoms with Crippen molar-refractivity contribution in [1.29, 1.82) is 0 Å². The number of unbranched alkanes of at least 4 members (excludes halogenated alkanes) is 4. The molecule has 0 spiro atoms. The lowest BCUT2D eigenvalue weighted by atomic mass is 10.2. The molecule has 0 aliphatic rings. The highest BCUT2D eigenvalue weighted by atomic mass is 31.1. The minimum absolute atomic E-state index is 1.21. The first-order valence-corrected chi connectivity index (χ1v) is 6.64. The molecule has 1 heteroatoms. The predicted molar refractivity (Wildman–Crippen MR) is 61.6 cm³/mol. The van der Waals surface area contributed by atoms with Gasteiger partial charge in [-0.05, 0) is 38.0 Å². The molecule has 0 bridgehead atoms. The van der Waals surface area contributed by atoms with Gasteiger partial charge in [0.25, 0.3) is 0 Å². The Morgan fingerprint density at radius 3 is 2.33 bits per heavy atom. The molecule has 1 unspecified atom stereocenters. The van der Waals surface area contributed by atoms with Crippen LogP contribution in [0.3, 0.4) is 0 Å². The lowest BCUT2D eigenvalue weighted by molar-refractivity contribution is 0.774. The molecule has 0 aromatic carbocycles. The van der Waals surface area contributed by atoms with Crippen LogP contribution in [0.15, 0.2) is 12.7 Å². The summed E-state index contributed by atoms with van der Waals surface area (Å²) in [5, 5.41) is 0. The molecule has 0 aliphatic carbocycles. The molecule has 12 heavy (non-hydrogen) atoms. The lowest BCUT2D eigenvalue weighted by Gasteiger charge is -1.99. The van der Waals surface area contributed by atoms with Gasteiger partial charge in [0.15, 0.2) is 0 Å². The highest BCUT2D eigenvalue weighted by molar-refractivity contribution is 7.37. The van der Waals surface area contributed by atoms with Crippen molar-refractivity contribution in [2.75, 3.05) is 12.3 Å². The molecule has 0 aromatic rings. The maximum absolute atomic E-state index is 3.72. The van der Waals surface area contributed by atoms with E-state index in [-0.39, 0.29) is 0 Å². The summed E-state index contributed by atoms with van der Waals surface area (Å²) in [5.41, 5.74) is 0. The average molecular weight is 186 g/mol. The van der Waals surface area contributed by atoms with Gasteiger partial charge in [0.2, 0.25) is 0 Å². The van der Waals surface area contributed by atoms with E-state index in [1.54, 1.807) is 0 Å². The fraction of sp³-hybridized carbons (Fsp3) is 0.818. The summed E-state index contributed by atoms with van der Waals surface area (Å²) >= 11 is 0. The molecule has 0 saturated heterocycles. The number of rotatable bonds is 9. The second-order valence-electron chi connectivity index (χ2n) is 3.24. The van der Waals surface area contributed by atoms with E-state index >= 15 is 0 Å². The van der Waals surface area contributed by atoms with Gasteiger partial charge >= 0.3 is 0 Å². The largest absolute Gasteiger partial charge is 0.122 e. The predicted octanol–water partition coefficient (Wildman–Crippen LogP) is 4.21. The highest BCUT2D eigenvalue weighted by Gasteiger charge is 1.89. The summed E-state index contributed by atoms with van der Waals surface area (Å²) in [6.07, 6.45) is 13.2. The fourth-order valence-electron chi connectivity index (χ4n) is 1.16. The normalized spacial score (nSPS) is 11.1. The van der Waals surface area contributed by atoms with Crippen molar-refractivity contribution in [2.24, 2.45) is 0 Å². The quantitative estimate of drug-likeness (QED) is 0.287. The Morgan fingerprint density at radius 1 is 1.08 bits per heavy atom. The van der Waals surface area contributed by atoms with Gasteiger partial charge in [-0.25, -0.2) is 0 Å². The van der Waals surface area contributed by atoms with Gasteiger partial charge < -0.3 is 0 Å². The Morgan fingerprint density at radius 2 is 1.75 bits per heavy atom. The van der Waals surface area contributed by atoms with Crippen molar-refractivity contribution < 1.29 is 0 Å². The number of hydrogen-bond donors (Lipinski definition) is 0. The minimum atomic E-state index is 1.21. The maximum Gasteiger partial charge on any atom is -0.0353 e. The Kier molecular flexibility index (Phi) is 11.3. The molecule has 0 saturated carbocycles. The maximum atomic E-state index is 3.72. The van der Waals surface area contributed by atoms with Crippen LogP contribution in [0.2, 0.25) is 0 Å². The van der Waals surface area contributed by atoms with Crippen LogP contribution in [0, 0.1) is 0 Å². The molecule has 0 fully saturated rings. The average Bonchev–Trinajstić information content (AvgIpc) is 2.10. The van der Waals surface area contributed by atoms with Gasteiger partial charge in [-0.2, -0.15) is 0 Å². The molecule has 0 amide bonds. The summed E-state index contributed by atoms with van der Waals surface area (Å²) in [5.74, 6) is 0. The van der Waals surface area contributed by atoms with Crippen LogP contribution in [0.4, 0.5) is 0 Å². The van der Waals surface area contributed by atoms with Crippen LogP contribution in [0.5, 0.6) is 0 Å². The van der Waals surface area contributed by atoms with E-state index < -0.39 is 0 Å². The second kappa shape index (κ2) is 11.2. The Hall–Kier alpha value is 0.170. The standard InChI is InChI=1S/C11H23P/c1-3-5-7-9-11-12-10-8-6-4-2/h3,12H,1,4-11H2,2H3. The van der Waals surface area contributed by atoms with E-state index in [9.17, 15) is 0 Å². The highest BCUT2D eigenvalue weighted by Crippen LogP contribution is 2.16. The molecule has 0 radical (unpaired) electrons. The van der Waals surface area contributed by atoms with E-state index in [4.69, 9.17) is 0 Å². The van der Waals surface area contributed by atoms with Crippen LogP contribution in [-0.2, 0) is 0 Å². The molecule has 1 atom stereocenters. The number of hydrogen-bond acceptors (Lipinski definition) is 0. The third-order valence-electron chi connectivity index (χ3n) is 1.97. The van der Waals surface area contributed by atoms with Crippen molar-refractivity contribution in [1.82, 2.24) is 0 Å². The van der Waals surface area contributed by atoms with E-state index in [0.717, 1.165) is 0 Å². The molecule has 0 aliphatic heterocycles. The molecule has 0 N–H and O–H groups in total. The Balaban J connectivity index is 2.77. The van der Waals surface area contributed by atoms with Crippen molar-refractivity contribution in [2.45, 2.75) is 45.4 Å². The van der Waals surface area contributed by atoms with Crippen LogP contribution in [-0.4, -0.2) is 12.3 Å². The van der Waals surface area contributed by atoms with E-state index in [1.165, 1.54) is 59.4 Å². The van der Waals surface area contributed by atoms with Gasteiger partial charge in [-0.3, -0.25) is 0 Å². The summed E-state index contributed by atoms with van der Waals surface area (Å²) in [6, 6.07) is 0. The minimum Gasteiger partial charge on any atom is -0.122 e. The summed E-state index contributed by atoms with van der Waals surface area (Å²) < 4.78 is 0. The molecular weight excluding hydrogens is 163 g/mol. The third kappa shape index (κ3) is 10.2. The van der Waals surface area contributed by atoms with Crippen LogP contribution in [0.25, 0.3) is 0 Å². The summed E-state index contributed by atoms with van der Waals surface area (Å²) in [4.78, 5) is 0. The Labute approximate surface area is 79.6 Å². The van der Waals surface area contributed by atoms with Crippen molar-refractivity contribution >= 4 is 8.58 Å². The van der Waals surface area contributed by atoms with E-state index in [2.05, 4.69) is 13.5 Å². The summed E-state index contributed by atoms with van der Waals surface area (Å²) in [6.45, 7) is 5.99. The van der Waals surface area contributed by atoms with Gasteiger partial charge in [0, 0.05) is 0 Å². The van der Waals surface area contributed by atoms with Gasteiger partial charge in [-0.15, -0.1) is 15.2 Å². The fourth-order valence-corrected chi connectivity index (χ4v) is 2.41. The first kappa shape index (κ1) is 12.2. The lowest BCUT2D eigenvalue weighted by Crippen LogP contribution is -1.81. The zero-order valence-corrected chi connectivity index (χ0v) is 9.44. The van der Waals surface area contributed by atoms with E-state index in [1.807, 2.05) is 6.08 Å². The van der Waals surface area contributed by atoms with Crippen molar-refractivity contribution in [3.05, 3.63) is 12.7 Å². The molecule has 0 aromatic heterocycles. The van der Waals surface area contributed by atoms with Crippen LogP contribution in [0.1, 0.15) is 45.4 Å².